The summed E-state index contributed by atoms with van der Waals surface area (Å²) in [6.45, 7) is 4.53. The van der Waals surface area contributed by atoms with E-state index in [1.807, 2.05) is 0 Å². The van der Waals surface area contributed by atoms with Gasteiger partial charge in [0, 0.05) is 0 Å². The van der Waals surface area contributed by atoms with Gasteiger partial charge in [0.25, 0.3) is 0 Å². The normalized spacial score (nSPS) is 40.0. The van der Waals surface area contributed by atoms with E-state index in [2.05, 4.69) is 41.6 Å². The average Bonchev–Trinajstić information content (AvgIpc) is 2.00. The summed E-state index contributed by atoms with van der Waals surface area (Å²) in [5.74, 6) is 0.709. The molecule has 12 heavy (non-hydrogen) atoms. The molecule has 2 nitrogen and oxygen atoms in total. The van der Waals surface area contributed by atoms with Gasteiger partial charge in [-0.1, -0.05) is 34.7 Å². The van der Waals surface area contributed by atoms with Crippen LogP contribution in [0.1, 0.15) is 33.1 Å². The summed E-state index contributed by atoms with van der Waals surface area (Å²) >= 11 is 2.49. The van der Waals surface area contributed by atoms with Crippen molar-refractivity contribution in [1.82, 2.24) is 0 Å². The van der Waals surface area contributed by atoms with Crippen LogP contribution in [-0.2, 0) is 4.84 Å². The number of alkyl halides is 1. The van der Waals surface area contributed by atoms with Gasteiger partial charge < -0.3 is 4.84 Å². The summed E-state index contributed by atoms with van der Waals surface area (Å²) in [4.78, 5) is 4.85. The van der Waals surface area contributed by atoms with E-state index in [1.54, 1.807) is 7.11 Å². The molecule has 0 aromatic heterocycles. The molecule has 1 saturated carbocycles. The number of oxime groups is 1. The third kappa shape index (κ3) is 1.92. The van der Waals surface area contributed by atoms with Crippen LogP contribution >= 0.6 is 22.6 Å². The molecule has 1 rings (SSSR count). The van der Waals surface area contributed by atoms with Crippen LogP contribution in [0.2, 0.25) is 0 Å². The maximum absolute atomic E-state index is 4.85. The fourth-order valence-corrected chi connectivity index (χ4v) is 2.30. The molecule has 0 N–H and O–H groups in total. The Morgan fingerprint density at radius 3 is 2.92 bits per heavy atom. The highest BCUT2D eigenvalue weighted by molar-refractivity contribution is 14.1. The molecule has 0 bridgehead atoms. The summed E-state index contributed by atoms with van der Waals surface area (Å²) in [5.41, 5.74) is 1.21. The molecular formula is C9H16INO. The quantitative estimate of drug-likeness (QED) is 0.411. The zero-order valence-corrected chi connectivity index (χ0v) is 10.1. The van der Waals surface area contributed by atoms with Gasteiger partial charge in [0.2, 0.25) is 0 Å². The SMILES string of the molecule is CO/N=C1\CCCC(C)C1(C)I. The van der Waals surface area contributed by atoms with Crippen molar-refractivity contribution in [3.05, 3.63) is 0 Å². The Morgan fingerprint density at radius 1 is 1.67 bits per heavy atom. The van der Waals surface area contributed by atoms with Crippen molar-refractivity contribution in [3.63, 3.8) is 0 Å². The first-order valence-corrected chi connectivity index (χ1v) is 5.46. The number of nitrogens with zero attached hydrogens (tertiary/aromatic N) is 1. The molecule has 0 spiro atoms. The van der Waals surface area contributed by atoms with Gasteiger partial charge >= 0.3 is 0 Å². The van der Waals surface area contributed by atoms with E-state index >= 15 is 0 Å². The van der Waals surface area contributed by atoms with E-state index in [0.717, 1.165) is 6.42 Å². The van der Waals surface area contributed by atoms with Crippen LogP contribution in [0.15, 0.2) is 5.16 Å². The molecule has 0 radical (unpaired) electrons. The number of hydrogen-bond donors (Lipinski definition) is 0. The van der Waals surface area contributed by atoms with E-state index in [-0.39, 0.29) is 3.42 Å². The summed E-state index contributed by atoms with van der Waals surface area (Å²) in [5, 5.41) is 4.10. The van der Waals surface area contributed by atoms with Crippen molar-refractivity contribution in [2.24, 2.45) is 11.1 Å². The molecule has 0 saturated heterocycles. The topological polar surface area (TPSA) is 21.6 Å². The van der Waals surface area contributed by atoms with E-state index in [1.165, 1.54) is 18.6 Å². The zero-order valence-electron chi connectivity index (χ0n) is 7.93. The second-order valence-electron chi connectivity index (χ2n) is 3.59. The van der Waals surface area contributed by atoms with Crippen LogP contribution in [-0.4, -0.2) is 16.2 Å². The van der Waals surface area contributed by atoms with Crippen LogP contribution in [0, 0.1) is 5.92 Å². The van der Waals surface area contributed by atoms with Gasteiger partial charge in [-0.15, -0.1) is 0 Å². The fourth-order valence-electron chi connectivity index (χ4n) is 1.62. The molecular weight excluding hydrogens is 265 g/mol. The van der Waals surface area contributed by atoms with Crippen LogP contribution in [0.4, 0.5) is 0 Å². The fraction of sp³-hybridized carbons (Fsp3) is 0.889. The molecule has 0 aromatic rings. The predicted molar refractivity (Wildman–Crippen MR) is 59.9 cm³/mol. The minimum Gasteiger partial charge on any atom is -0.399 e. The van der Waals surface area contributed by atoms with Gasteiger partial charge in [-0.25, -0.2) is 0 Å². The lowest BCUT2D eigenvalue weighted by molar-refractivity contribution is 0.208. The molecule has 0 amide bonds. The second kappa shape index (κ2) is 3.94. The Labute approximate surface area is 87.9 Å². The van der Waals surface area contributed by atoms with Gasteiger partial charge in [0.1, 0.15) is 7.11 Å². The predicted octanol–water partition coefficient (Wildman–Crippen LogP) is 3.00. The Hall–Kier alpha value is 0.200. The highest BCUT2D eigenvalue weighted by Gasteiger charge is 2.36. The van der Waals surface area contributed by atoms with E-state index in [9.17, 15) is 0 Å². The molecule has 1 fully saturated rings. The Balaban J connectivity index is 2.79. The molecule has 2 atom stereocenters. The average molecular weight is 281 g/mol. The lowest BCUT2D eigenvalue weighted by Crippen LogP contribution is -2.39. The second-order valence-corrected chi connectivity index (χ2v) is 5.83. The van der Waals surface area contributed by atoms with Crippen molar-refractivity contribution < 1.29 is 4.84 Å². The third-order valence-corrected chi connectivity index (χ3v) is 4.43. The van der Waals surface area contributed by atoms with Crippen molar-refractivity contribution in [1.29, 1.82) is 0 Å². The van der Waals surface area contributed by atoms with E-state index in [0.29, 0.717) is 5.92 Å². The van der Waals surface area contributed by atoms with Crippen LogP contribution in [0.25, 0.3) is 0 Å². The first-order valence-electron chi connectivity index (χ1n) is 4.38. The number of halogens is 1. The van der Waals surface area contributed by atoms with E-state index < -0.39 is 0 Å². The molecule has 3 heteroatoms. The molecule has 0 aliphatic heterocycles. The first kappa shape index (κ1) is 10.3. The Bertz CT molecular complexity index is 189. The summed E-state index contributed by atoms with van der Waals surface area (Å²) < 4.78 is 0.200. The van der Waals surface area contributed by atoms with Gasteiger partial charge in [-0.3, -0.25) is 0 Å². The standard InChI is InChI=1S/C9H16INO/c1-7-5-4-6-8(11-12-3)9(7,2)10/h7H,4-6H2,1-3H3/b11-8+. The van der Waals surface area contributed by atoms with Gasteiger partial charge in [-0.05, 0) is 32.1 Å². The molecule has 70 valence electrons. The highest BCUT2D eigenvalue weighted by Crippen LogP contribution is 2.38. The number of rotatable bonds is 1. The Morgan fingerprint density at radius 2 is 2.33 bits per heavy atom. The molecule has 1 aliphatic carbocycles. The minimum atomic E-state index is 0.200. The van der Waals surface area contributed by atoms with Crippen molar-refractivity contribution in [3.8, 4) is 0 Å². The lowest BCUT2D eigenvalue weighted by atomic mass is 9.80. The summed E-state index contributed by atoms with van der Waals surface area (Å²) in [6, 6.07) is 0. The zero-order chi connectivity index (χ0) is 9.19. The van der Waals surface area contributed by atoms with Gasteiger partial charge in [-0.2, -0.15) is 0 Å². The number of hydrogen-bond acceptors (Lipinski definition) is 2. The first-order chi connectivity index (χ1) is 5.59. The monoisotopic (exact) mass is 281 g/mol. The minimum absolute atomic E-state index is 0.200. The third-order valence-electron chi connectivity index (χ3n) is 2.74. The van der Waals surface area contributed by atoms with Gasteiger partial charge in [0.05, 0.1) is 9.13 Å². The van der Waals surface area contributed by atoms with E-state index in [4.69, 9.17) is 4.84 Å². The highest BCUT2D eigenvalue weighted by atomic mass is 127. The maximum atomic E-state index is 4.85. The van der Waals surface area contributed by atoms with Crippen molar-refractivity contribution >= 4 is 28.3 Å². The Kier molecular flexibility index (Phi) is 3.37. The van der Waals surface area contributed by atoms with Crippen LogP contribution in [0.5, 0.6) is 0 Å². The van der Waals surface area contributed by atoms with Crippen molar-refractivity contribution in [2.75, 3.05) is 7.11 Å². The van der Waals surface area contributed by atoms with Gasteiger partial charge in [0.15, 0.2) is 0 Å². The molecule has 0 aromatic carbocycles. The lowest BCUT2D eigenvalue weighted by Gasteiger charge is -2.35. The van der Waals surface area contributed by atoms with Crippen LogP contribution < -0.4 is 0 Å². The molecule has 2 unspecified atom stereocenters. The smallest absolute Gasteiger partial charge is 0.106 e. The molecule has 0 heterocycles. The van der Waals surface area contributed by atoms with Crippen molar-refractivity contribution in [2.45, 2.75) is 36.5 Å². The largest absolute Gasteiger partial charge is 0.399 e. The summed E-state index contributed by atoms with van der Waals surface area (Å²) in [7, 11) is 1.62. The summed E-state index contributed by atoms with van der Waals surface area (Å²) in [6.07, 6.45) is 3.65. The molecule has 1 aliphatic rings. The maximum Gasteiger partial charge on any atom is 0.106 e. The van der Waals surface area contributed by atoms with Crippen LogP contribution in [0.3, 0.4) is 0 Å².